The van der Waals surface area contributed by atoms with Gasteiger partial charge < -0.3 is 20.1 Å². The molecule has 11 nitrogen and oxygen atoms in total. The first kappa shape index (κ1) is 30.9. The largest absolute Gasteiger partial charge is 0.444 e. The molecule has 2 aromatic carbocycles. The van der Waals surface area contributed by atoms with Crippen LogP contribution >= 0.6 is 11.3 Å². The Morgan fingerprint density at radius 2 is 1.93 bits per heavy atom. The molecule has 0 bridgehead atoms. The van der Waals surface area contributed by atoms with E-state index in [1.54, 1.807) is 0 Å². The van der Waals surface area contributed by atoms with Crippen LogP contribution in [0.2, 0.25) is 0 Å². The number of aromatic nitrogens is 4. The molecule has 1 fully saturated rings. The normalized spacial score (nSPS) is 16.2. The van der Waals surface area contributed by atoms with E-state index >= 15 is 0 Å². The van der Waals surface area contributed by atoms with E-state index in [1.165, 1.54) is 28.1 Å². The predicted molar refractivity (Wildman–Crippen MR) is 178 cm³/mol. The fourth-order valence-electron chi connectivity index (χ4n) is 5.22. The smallest absolute Gasteiger partial charge is 0.411 e. The number of carbonyl (C=O) groups excluding carboxylic acids is 2. The Balaban J connectivity index is 1.20. The molecule has 236 valence electrons. The SMILES string of the molecule is CCNC(=O)O[C@H]1C[C@H](C#Cc2cc3ncnc(Nc4ccc5c(cnn5Cc5ccccc5)c4)c3s2)N(C(=O)OC(C)(C)C)C1. The van der Waals surface area contributed by atoms with Gasteiger partial charge in [0.1, 0.15) is 24.1 Å². The lowest BCUT2D eigenvalue weighted by Crippen LogP contribution is -2.40. The van der Waals surface area contributed by atoms with Crippen molar-refractivity contribution in [3.8, 4) is 11.8 Å². The van der Waals surface area contributed by atoms with Gasteiger partial charge in [0, 0.05) is 24.0 Å². The average Bonchev–Trinajstić information content (AvgIpc) is 3.73. The number of nitrogens with one attached hydrogen (secondary N) is 2. The summed E-state index contributed by atoms with van der Waals surface area (Å²) in [5.41, 5.74) is 3.20. The summed E-state index contributed by atoms with van der Waals surface area (Å²) in [6.07, 6.45) is 2.26. The lowest BCUT2D eigenvalue weighted by molar-refractivity contribution is 0.0230. The lowest BCUT2D eigenvalue weighted by Gasteiger charge is -2.26. The summed E-state index contributed by atoms with van der Waals surface area (Å²) in [5, 5.41) is 11.7. The lowest BCUT2D eigenvalue weighted by atomic mass is 10.2. The van der Waals surface area contributed by atoms with Crippen molar-refractivity contribution in [2.24, 2.45) is 0 Å². The molecule has 0 aliphatic carbocycles. The second-order valence-corrected chi connectivity index (χ2v) is 13.0. The van der Waals surface area contributed by atoms with Crippen LogP contribution < -0.4 is 10.6 Å². The fourth-order valence-corrected chi connectivity index (χ4v) is 6.14. The van der Waals surface area contributed by atoms with Crippen LogP contribution in [-0.2, 0) is 16.0 Å². The second kappa shape index (κ2) is 13.1. The number of thiophene rings is 1. The quantitative estimate of drug-likeness (QED) is 0.208. The highest BCUT2D eigenvalue weighted by Crippen LogP contribution is 2.32. The zero-order valence-electron chi connectivity index (χ0n) is 26.1. The van der Waals surface area contributed by atoms with Crippen molar-refractivity contribution in [1.82, 2.24) is 30.0 Å². The van der Waals surface area contributed by atoms with Gasteiger partial charge in [-0.05, 0) is 57.5 Å². The van der Waals surface area contributed by atoms with Gasteiger partial charge in [0.05, 0.1) is 39.9 Å². The molecule has 1 aliphatic rings. The Kier molecular flexibility index (Phi) is 8.76. The molecule has 5 aromatic rings. The Hall–Kier alpha value is -5.15. The molecule has 46 heavy (non-hydrogen) atoms. The first-order valence-electron chi connectivity index (χ1n) is 15.1. The molecule has 0 saturated carbocycles. The van der Waals surface area contributed by atoms with Crippen molar-refractivity contribution in [2.75, 3.05) is 18.4 Å². The molecule has 12 heteroatoms. The van der Waals surface area contributed by atoms with E-state index < -0.39 is 29.9 Å². The molecule has 6 rings (SSSR count). The molecule has 0 spiro atoms. The number of hydrogen-bond acceptors (Lipinski definition) is 9. The molecule has 1 aliphatic heterocycles. The van der Waals surface area contributed by atoms with Gasteiger partial charge in [-0.15, -0.1) is 11.3 Å². The number of alkyl carbamates (subject to hydrolysis) is 1. The molecule has 2 atom stereocenters. The van der Waals surface area contributed by atoms with Gasteiger partial charge in [-0.25, -0.2) is 19.6 Å². The molecule has 4 heterocycles. The summed E-state index contributed by atoms with van der Waals surface area (Å²) in [6, 6.07) is 17.8. The number of carbonyl (C=O) groups is 2. The summed E-state index contributed by atoms with van der Waals surface area (Å²) in [4.78, 5) is 36.3. The first-order chi connectivity index (χ1) is 22.1. The minimum absolute atomic E-state index is 0.201. The maximum Gasteiger partial charge on any atom is 0.411 e. The third-order valence-corrected chi connectivity index (χ3v) is 8.28. The summed E-state index contributed by atoms with van der Waals surface area (Å²) in [6.45, 7) is 8.59. The predicted octanol–water partition coefficient (Wildman–Crippen LogP) is 6.31. The third-order valence-electron chi connectivity index (χ3n) is 7.24. The summed E-state index contributed by atoms with van der Waals surface area (Å²) in [7, 11) is 0. The Labute approximate surface area is 270 Å². The highest BCUT2D eigenvalue weighted by Gasteiger charge is 2.38. The van der Waals surface area contributed by atoms with Crippen molar-refractivity contribution in [3.63, 3.8) is 0 Å². The van der Waals surface area contributed by atoms with Gasteiger partial charge in [-0.3, -0.25) is 9.58 Å². The minimum atomic E-state index is -0.672. The van der Waals surface area contributed by atoms with Crippen molar-refractivity contribution in [3.05, 3.63) is 77.6 Å². The highest BCUT2D eigenvalue weighted by atomic mass is 32.1. The Morgan fingerprint density at radius 3 is 2.72 bits per heavy atom. The Morgan fingerprint density at radius 1 is 1.11 bits per heavy atom. The van der Waals surface area contributed by atoms with Crippen molar-refractivity contribution >= 4 is 56.1 Å². The van der Waals surface area contributed by atoms with Crippen LogP contribution in [0.15, 0.2) is 67.1 Å². The topological polar surface area (TPSA) is 124 Å². The van der Waals surface area contributed by atoms with Gasteiger partial charge in [-0.2, -0.15) is 5.10 Å². The Bertz CT molecular complexity index is 1940. The number of anilines is 2. The first-order valence-corrected chi connectivity index (χ1v) is 15.9. The number of likely N-dealkylation sites (tertiary alicyclic amines) is 1. The molecule has 0 unspecified atom stereocenters. The zero-order chi connectivity index (χ0) is 32.3. The molecule has 2 amide bonds. The monoisotopic (exact) mass is 637 g/mol. The van der Waals surface area contributed by atoms with Gasteiger partial charge in [0.2, 0.25) is 0 Å². The van der Waals surface area contributed by atoms with Gasteiger partial charge in [0.25, 0.3) is 0 Å². The highest BCUT2D eigenvalue weighted by molar-refractivity contribution is 7.20. The second-order valence-electron chi connectivity index (χ2n) is 11.9. The summed E-state index contributed by atoms with van der Waals surface area (Å²) >= 11 is 1.47. The molecular weight excluding hydrogens is 602 g/mol. The zero-order valence-corrected chi connectivity index (χ0v) is 26.9. The number of rotatable bonds is 6. The van der Waals surface area contributed by atoms with Crippen LogP contribution in [0.4, 0.5) is 21.1 Å². The summed E-state index contributed by atoms with van der Waals surface area (Å²) in [5.74, 6) is 7.10. The van der Waals surface area contributed by atoms with E-state index in [0.29, 0.717) is 25.3 Å². The van der Waals surface area contributed by atoms with Crippen LogP contribution in [0.1, 0.15) is 44.6 Å². The number of amides is 2. The third kappa shape index (κ3) is 7.21. The maximum absolute atomic E-state index is 13.0. The van der Waals surface area contributed by atoms with Gasteiger partial charge in [0.15, 0.2) is 5.82 Å². The van der Waals surface area contributed by atoms with Crippen LogP contribution in [-0.4, -0.2) is 67.7 Å². The maximum atomic E-state index is 13.0. The van der Waals surface area contributed by atoms with Crippen LogP contribution in [0.25, 0.3) is 21.1 Å². The van der Waals surface area contributed by atoms with Crippen molar-refractivity contribution in [2.45, 2.75) is 58.4 Å². The fraction of sp³-hybridized carbons (Fsp3) is 0.324. The molecule has 2 N–H and O–H groups in total. The van der Waals surface area contributed by atoms with E-state index in [4.69, 9.17) is 9.47 Å². The standard InChI is InChI=1S/C34H35N7O4S/c1-5-35-32(42)44-26-16-25(40(20-26)33(43)45-34(2,3)4)12-13-27-17-28-30(46-27)31(37-21-36-28)39-24-11-14-29-23(15-24)18-38-41(29)19-22-9-7-6-8-10-22/h6-11,14-15,17-18,21,25-26H,5,16,19-20H2,1-4H3,(H,35,42)(H,36,37,39)/t25-,26-/m0/s1. The molecular formula is C34H35N7O4S. The van der Waals surface area contributed by atoms with E-state index in [1.807, 2.05) is 68.9 Å². The number of hydrogen-bond donors (Lipinski definition) is 2. The van der Waals surface area contributed by atoms with Crippen molar-refractivity contribution in [1.29, 1.82) is 0 Å². The van der Waals surface area contributed by atoms with Crippen molar-refractivity contribution < 1.29 is 19.1 Å². The molecule has 1 saturated heterocycles. The molecule has 0 radical (unpaired) electrons. The van der Waals surface area contributed by atoms with Crippen LogP contribution in [0, 0.1) is 11.8 Å². The minimum Gasteiger partial charge on any atom is -0.444 e. The molecule has 3 aromatic heterocycles. The van der Waals surface area contributed by atoms with Crippen LogP contribution in [0.3, 0.4) is 0 Å². The number of fused-ring (bicyclic) bond motifs is 2. The summed E-state index contributed by atoms with van der Waals surface area (Å²) < 4.78 is 14.0. The number of ether oxygens (including phenoxy) is 2. The van der Waals surface area contributed by atoms with Crippen LogP contribution in [0.5, 0.6) is 0 Å². The van der Waals surface area contributed by atoms with Gasteiger partial charge >= 0.3 is 12.2 Å². The van der Waals surface area contributed by atoms with E-state index in [2.05, 4.69) is 61.8 Å². The number of benzene rings is 2. The van der Waals surface area contributed by atoms with Gasteiger partial charge in [-0.1, -0.05) is 42.2 Å². The van der Waals surface area contributed by atoms with E-state index in [9.17, 15) is 9.59 Å². The van der Waals surface area contributed by atoms with E-state index in [0.717, 1.165) is 31.7 Å². The average molecular weight is 638 g/mol. The van der Waals surface area contributed by atoms with E-state index in [-0.39, 0.29) is 6.54 Å². The number of nitrogens with zero attached hydrogens (tertiary/aromatic N) is 5.